The highest BCUT2D eigenvalue weighted by atomic mass is 35.5. The van der Waals surface area contributed by atoms with Crippen molar-refractivity contribution in [2.75, 3.05) is 20.1 Å². The zero-order valence-corrected chi connectivity index (χ0v) is 25.1. The minimum atomic E-state index is -0.218. The first-order valence-electron chi connectivity index (χ1n) is 14.5. The zero-order valence-electron chi connectivity index (χ0n) is 23.6. The maximum atomic E-state index is 12.0. The number of rotatable bonds is 7. The van der Waals surface area contributed by atoms with Gasteiger partial charge in [0.15, 0.2) is 5.58 Å². The van der Waals surface area contributed by atoms with E-state index in [0.717, 1.165) is 62.8 Å². The molecule has 5 nitrogen and oxygen atoms in total. The third kappa shape index (κ3) is 5.89. The fourth-order valence-corrected chi connectivity index (χ4v) is 6.82. The van der Waals surface area contributed by atoms with E-state index in [1.807, 2.05) is 35.9 Å². The summed E-state index contributed by atoms with van der Waals surface area (Å²) in [4.78, 5) is 14.5. The number of aromatic nitrogens is 1. The van der Waals surface area contributed by atoms with E-state index in [0.29, 0.717) is 28.0 Å². The second-order valence-electron chi connectivity index (χ2n) is 10.9. The summed E-state index contributed by atoms with van der Waals surface area (Å²) in [5.41, 5.74) is 7.02. The predicted octanol–water partition coefficient (Wildman–Crippen LogP) is 7.82. The predicted molar refractivity (Wildman–Crippen MR) is 166 cm³/mol. The van der Waals surface area contributed by atoms with Gasteiger partial charge in [0.05, 0.1) is 15.6 Å². The SMILES string of the molecule is CCCN(CCC)C1Cc2cccc3oc(=O)n(c23)C1.CN[C@H]1CC[C@@H](c2ccc(Cl)c(Cl)c2)c2ccccc21. The molecule has 3 aromatic carbocycles. The Morgan fingerprint density at radius 1 is 0.950 bits per heavy atom. The quantitative estimate of drug-likeness (QED) is 0.242. The Bertz CT molecular complexity index is 1510. The Labute approximate surface area is 247 Å². The third-order valence-corrected chi connectivity index (χ3v) is 9.08. The first kappa shape index (κ1) is 28.9. The zero-order chi connectivity index (χ0) is 28.2. The molecule has 0 bridgehead atoms. The molecule has 1 aliphatic heterocycles. The van der Waals surface area contributed by atoms with Crippen molar-refractivity contribution in [1.29, 1.82) is 0 Å². The van der Waals surface area contributed by atoms with Crippen LogP contribution in [0.15, 0.2) is 69.9 Å². The number of halogens is 2. The van der Waals surface area contributed by atoms with E-state index in [1.54, 1.807) is 0 Å². The lowest BCUT2D eigenvalue weighted by Gasteiger charge is -2.34. The third-order valence-electron chi connectivity index (χ3n) is 8.34. The van der Waals surface area contributed by atoms with E-state index in [1.165, 1.54) is 22.3 Å². The van der Waals surface area contributed by atoms with Crippen molar-refractivity contribution < 1.29 is 4.42 Å². The van der Waals surface area contributed by atoms with Crippen molar-refractivity contribution in [3.8, 4) is 0 Å². The Kier molecular flexibility index (Phi) is 9.37. The fraction of sp³-hybridized carbons (Fsp3) is 0.424. The molecule has 1 N–H and O–H groups in total. The maximum absolute atomic E-state index is 12.0. The molecule has 212 valence electrons. The largest absolute Gasteiger partial charge is 0.420 e. The van der Waals surface area contributed by atoms with Crippen LogP contribution in [0.2, 0.25) is 10.0 Å². The van der Waals surface area contributed by atoms with Crippen LogP contribution >= 0.6 is 23.2 Å². The van der Waals surface area contributed by atoms with Gasteiger partial charge >= 0.3 is 5.76 Å². The molecule has 2 heterocycles. The van der Waals surface area contributed by atoms with E-state index < -0.39 is 0 Å². The van der Waals surface area contributed by atoms with E-state index in [2.05, 4.69) is 60.5 Å². The molecule has 0 spiro atoms. The minimum Gasteiger partial charge on any atom is -0.408 e. The second-order valence-corrected chi connectivity index (χ2v) is 11.7. The molecule has 0 saturated carbocycles. The molecule has 3 atom stereocenters. The van der Waals surface area contributed by atoms with E-state index in [-0.39, 0.29) is 5.76 Å². The molecule has 1 aliphatic carbocycles. The van der Waals surface area contributed by atoms with Gasteiger partial charge in [0, 0.05) is 24.5 Å². The molecule has 0 amide bonds. The number of oxazole rings is 1. The second kappa shape index (κ2) is 12.9. The number of para-hydroxylation sites is 1. The van der Waals surface area contributed by atoms with Gasteiger partial charge in [0.1, 0.15) is 0 Å². The van der Waals surface area contributed by atoms with Crippen LogP contribution in [-0.4, -0.2) is 35.6 Å². The van der Waals surface area contributed by atoms with Crippen molar-refractivity contribution in [1.82, 2.24) is 14.8 Å². The minimum absolute atomic E-state index is 0.218. The Morgan fingerprint density at radius 3 is 2.40 bits per heavy atom. The monoisotopic (exact) mass is 579 g/mol. The number of hydrogen-bond acceptors (Lipinski definition) is 4. The molecule has 1 aromatic heterocycles. The van der Waals surface area contributed by atoms with E-state index in [4.69, 9.17) is 27.6 Å². The lowest BCUT2D eigenvalue weighted by atomic mass is 9.77. The molecular weight excluding hydrogens is 541 g/mol. The summed E-state index contributed by atoms with van der Waals surface area (Å²) < 4.78 is 7.16. The molecule has 1 unspecified atom stereocenters. The van der Waals surface area contributed by atoms with Gasteiger partial charge in [-0.25, -0.2) is 4.79 Å². The highest BCUT2D eigenvalue weighted by molar-refractivity contribution is 6.42. The van der Waals surface area contributed by atoms with Crippen LogP contribution in [-0.2, 0) is 13.0 Å². The number of fused-ring (bicyclic) bond motifs is 1. The molecule has 0 fully saturated rings. The van der Waals surface area contributed by atoms with Crippen molar-refractivity contribution in [2.24, 2.45) is 0 Å². The van der Waals surface area contributed by atoms with Crippen molar-refractivity contribution >= 4 is 34.3 Å². The van der Waals surface area contributed by atoms with Crippen LogP contribution in [0.3, 0.4) is 0 Å². The topological polar surface area (TPSA) is 50.4 Å². The van der Waals surface area contributed by atoms with Crippen LogP contribution < -0.4 is 11.1 Å². The molecular formula is C33H39Cl2N3O2. The van der Waals surface area contributed by atoms with Crippen LogP contribution in [0.25, 0.3) is 11.1 Å². The van der Waals surface area contributed by atoms with Gasteiger partial charge in [-0.3, -0.25) is 9.47 Å². The standard InChI is InChI=1S/C17H17Cl2N.C16H22N2O2/c1-20-17-9-7-12(13-4-2-3-5-14(13)17)11-6-8-15(18)16(19)10-11;1-3-8-17(9-4-2)13-10-12-6-5-7-14-15(12)18(11-13)16(19)20-14/h2-6,8,10,12,17,20H,7,9H2,1H3;5-7,13H,3-4,8-11H2,1-2H3/t12-,17-;/m0./s1. The summed E-state index contributed by atoms with van der Waals surface area (Å²) in [6.45, 7) is 7.36. The summed E-state index contributed by atoms with van der Waals surface area (Å²) in [6.07, 6.45) is 5.57. The lowest BCUT2D eigenvalue weighted by Crippen LogP contribution is -2.44. The first-order valence-corrected chi connectivity index (χ1v) is 15.3. The van der Waals surface area contributed by atoms with Gasteiger partial charge in [0.2, 0.25) is 0 Å². The summed E-state index contributed by atoms with van der Waals surface area (Å²) in [7, 11) is 2.03. The average molecular weight is 581 g/mol. The van der Waals surface area contributed by atoms with Crippen LogP contribution in [0, 0.1) is 0 Å². The van der Waals surface area contributed by atoms with Crippen molar-refractivity contribution in [2.45, 2.75) is 70.5 Å². The molecule has 2 aliphatic rings. The van der Waals surface area contributed by atoms with Crippen LogP contribution in [0.4, 0.5) is 0 Å². The lowest BCUT2D eigenvalue weighted by molar-refractivity contribution is 0.171. The van der Waals surface area contributed by atoms with Gasteiger partial charge in [-0.05, 0) is 92.7 Å². The van der Waals surface area contributed by atoms with E-state index >= 15 is 0 Å². The Balaban J connectivity index is 0.000000161. The van der Waals surface area contributed by atoms with E-state index in [9.17, 15) is 4.79 Å². The normalized spacial score (nSPS) is 19.8. The summed E-state index contributed by atoms with van der Waals surface area (Å²) in [5.74, 6) is 0.190. The van der Waals surface area contributed by atoms with Gasteiger partial charge in [-0.1, -0.05) is 79.5 Å². The average Bonchev–Trinajstić information content (AvgIpc) is 3.30. The number of benzene rings is 3. The fourth-order valence-electron chi connectivity index (χ4n) is 6.52. The van der Waals surface area contributed by atoms with Gasteiger partial charge in [-0.15, -0.1) is 0 Å². The van der Waals surface area contributed by atoms with Crippen molar-refractivity contribution in [3.63, 3.8) is 0 Å². The molecule has 4 aromatic rings. The van der Waals surface area contributed by atoms with Gasteiger partial charge < -0.3 is 9.73 Å². The summed E-state index contributed by atoms with van der Waals surface area (Å²) >= 11 is 12.2. The first-order chi connectivity index (χ1) is 19.4. The molecule has 40 heavy (non-hydrogen) atoms. The number of nitrogens with zero attached hydrogens (tertiary/aromatic N) is 2. The highest BCUT2D eigenvalue weighted by Gasteiger charge is 2.28. The molecule has 6 rings (SSSR count). The molecule has 0 saturated heterocycles. The van der Waals surface area contributed by atoms with Crippen LogP contribution in [0.1, 0.15) is 73.7 Å². The Hall–Kier alpha value is -2.57. The van der Waals surface area contributed by atoms with Crippen molar-refractivity contribution in [3.05, 3.63) is 104 Å². The van der Waals surface area contributed by atoms with Crippen LogP contribution in [0.5, 0.6) is 0 Å². The summed E-state index contributed by atoms with van der Waals surface area (Å²) in [6, 6.07) is 21.5. The maximum Gasteiger partial charge on any atom is 0.420 e. The highest BCUT2D eigenvalue weighted by Crippen LogP contribution is 2.42. The smallest absolute Gasteiger partial charge is 0.408 e. The van der Waals surface area contributed by atoms with Gasteiger partial charge in [0.25, 0.3) is 0 Å². The number of hydrogen-bond donors (Lipinski definition) is 1. The molecule has 7 heteroatoms. The van der Waals surface area contributed by atoms with Gasteiger partial charge in [-0.2, -0.15) is 0 Å². The summed E-state index contributed by atoms with van der Waals surface area (Å²) in [5, 5.41) is 4.66. The number of nitrogens with one attached hydrogen (secondary N) is 1. The molecule has 0 radical (unpaired) electrons. The Morgan fingerprint density at radius 2 is 1.70 bits per heavy atom.